The molecule has 0 saturated heterocycles. The number of ether oxygens (including phenoxy) is 1. The summed E-state index contributed by atoms with van der Waals surface area (Å²) in [4.78, 5) is 22.3. The van der Waals surface area contributed by atoms with E-state index in [0.717, 1.165) is 24.7 Å². The van der Waals surface area contributed by atoms with Gasteiger partial charge in [-0.15, -0.1) is 0 Å². The van der Waals surface area contributed by atoms with Crippen molar-refractivity contribution < 1.29 is 14.3 Å². The molecule has 1 aromatic rings. The van der Waals surface area contributed by atoms with E-state index in [4.69, 9.17) is 4.74 Å². The van der Waals surface area contributed by atoms with Crippen molar-refractivity contribution in [3.63, 3.8) is 0 Å². The van der Waals surface area contributed by atoms with E-state index in [2.05, 4.69) is 6.92 Å². The maximum atomic E-state index is 11.7. The average molecular weight is 401 g/mol. The monoisotopic (exact) mass is 400 g/mol. The Morgan fingerprint density at radius 3 is 1.66 bits per heavy atom. The molecule has 0 amide bonds. The van der Waals surface area contributed by atoms with Crippen molar-refractivity contribution in [3.8, 4) is 0 Å². The largest absolute Gasteiger partial charge is 0.463 e. The fraction of sp³-hybridized carbons (Fsp3) is 0.615. The van der Waals surface area contributed by atoms with Crippen LogP contribution in [0.2, 0.25) is 0 Å². The minimum absolute atomic E-state index is 0.306. The van der Waals surface area contributed by atoms with E-state index in [9.17, 15) is 9.59 Å². The van der Waals surface area contributed by atoms with Crippen LogP contribution in [-0.4, -0.2) is 18.9 Å². The molecule has 0 aromatic heterocycles. The number of carbonyl (C=O) groups is 2. The first-order valence-electron chi connectivity index (χ1n) is 11.7. The van der Waals surface area contributed by atoms with Gasteiger partial charge in [0.2, 0.25) is 0 Å². The number of unbranched alkanes of at least 4 members (excludes halogenated alkanes) is 13. The second-order valence-electron chi connectivity index (χ2n) is 7.88. The Kier molecular flexibility index (Phi) is 15.7. The van der Waals surface area contributed by atoms with Gasteiger partial charge in [0.1, 0.15) is 6.29 Å². The third kappa shape index (κ3) is 14.7. The summed E-state index contributed by atoms with van der Waals surface area (Å²) in [5.41, 5.74) is 1.51. The third-order valence-corrected chi connectivity index (χ3v) is 5.23. The highest BCUT2D eigenvalue weighted by Crippen LogP contribution is 2.13. The van der Waals surface area contributed by atoms with Crippen molar-refractivity contribution in [1.82, 2.24) is 0 Å². The highest BCUT2D eigenvalue weighted by molar-refractivity contribution is 5.87. The van der Waals surface area contributed by atoms with E-state index in [0.29, 0.717) is 12.2 Å². The van der Waals surface area contributed by atoms with Crippen LogP contribution in [0.1, 0.15) is 113 Å². The van der Waals surface area contributed by atoms with Gasteiger partial charge in [0.05, 0.1) is 6.61 Å². The molecule has 0 radical (unpaired) electrons. The highest BCUT2D eigenvalue weighted by atomic mass is 16.5. The van der Waals surface area contributed by atoms with Gasteiger partial charge in [-0.25, -0.2) is 4.79 Å². The molecular weight excluding hydrogens is 360 g/mol. The van der Waals surface area contributed by atoms with Crippen LogP contribution in [0.4, 0.5) is 0 Å². The Hall–Kier alpha value is -1.90. The number of aldehydes is 1. The summed E-state index contributed by atoms with van der Waals surface area (Å²) < 4.78 is 5.23. The lowest BCUT2D eigenvalue weighted by molar-refractivity contribution is -0.137. The Bertz CT molecular complexity index is 560. The van der Waals surface area contributed by atoms with Gasteiger partial charge in [0.15, 0.2) is 0 Å². The van der Waals surface area contributed by atoms with Crippen molar-refractivity contribution in [3.05, 3.63) is 41.5 Å². The highest BCUT2D eigenvalue weighted by Gasteiger charge is 1.98. The van der Waals surface area contributed by atoms with Crippen LogP contribution in [0.15, 0.2) is 30.3 Å². The van der Waals surface area contributed by atoms with Crippen LogP contribution < -0.4 is 0 Å². The van der Waals surface area contributed by atoms with Crippen LogP contribution in [0.5, 0.6) is 0 Å². The quantitative estimate of drug-likeness (QED) is 0.111. The maximum absolute atomic E-state index is 11.7. The number of hydrogen-bond acceptors (Lipinski definition) is 3. The topological polar surface area (TPSA) is 43.4 Å². The molecule has 0 N–H and O–H groups in total. The molecule has 0 heterocycles. The first-order chi connectivity index (χ1) is 14.3. The van der Waals surface area contributed by atoms with E-state index >= 15 is 0 Å². The zero-order valence-electron chi connectivity index (χ0n) is 18.4. The van der Waals surface area contributed by atoms with Gasteiger partial charge in [0, 0.05) is 11.6 Å². The molecule has 29 heavy (non-hydrogen) atoms. The first-order valence-corrected chi connectivity index (χ1v) is 11.7. The predicted octanol–water partition coefficient (Wildman–Crippen LogP) is 7.54. The van der Waals surface area contributed by atoms with Gasteiger partial charge < -0.3 is 4.74 Å². The van der Waals surface area contributed by atoms with Gasteiger partial charge in [-0.3, -0.25) is 4.79 Å². The van der Waals surface area contributed by atoms with Gasteiger partial charge in [0.25, 0.3) is 0 Å². The van der Waals surface area contributed by atoms with E-state index in [1.807, 2.05) is 0 Å². The zero-order chi connectivity index (χ0) is 21.0. The summed E-state index contributed by atoms with van der Waals surface area (Å²) >= 11 is 0. The summed E-state index contributed by atoms with van der Waals surface area (Å²) in [6, 6.07) is 7.07. The van der Waals surface area contributed by atoms with Crippen molar-refractivity contribution in [1.29, 1.82) is 0 Å². The molecule has 0 saturated carbocycles. The van der Waals surface area contributed by atoms with Gasteiger partial charge >= 0.3 is 5.97 Å². The molecule has 0 aliphatic carbocycles. The van der Waals surface area contributed by atoms with E-state index < -0.39 is 0 Å². The summed E-state index contributed by atoms with van der Waals surface area (Å²) in [5.74, 6) is -0.306. The van der Waals surface area contributed by atoms with Crippen LogP contribution in [0, 0.1) is 0 Å². The van der Waals surface area contributed by atoms with Crippen LogP contribution in [0.3, 0.4) is 0 Å². The van der Waals surface area contributed by atoms with Crippen molar-refractivity contribution >= 4 is 18.3 Å². The van der Waals surface area contributed by atoms with Gasteiger partial charge in [-0.05, 0) is 18.1 Å². The van der Waals surface area contributed by atoms with Crippen molar-refractivity contribution in [2.75, 3.05) is 6.61 Å². The normalized spacial score (nSPS) is 11.1. The summed E-state index contributed by atoms with van der Waals surface area (Å²) in [6.07, 6.45) is 22.4. The zero-order valence-corrected chi connectivity index (χ0v) is 18.4. The summed E-state index contributed by atoms with van der Waals surface area (Å²) in [5, 5.41) is 0. The number of hydrogen-bond donors (Lipinski definition) is 0. The maximum Gasteiger partial charge on any atom is 0.330 e. The minimum atomic E-state index is -0.306. The molecule has 0 bridgehead atoms. The fourth-order valence-electron chi connectivity index (χ4n) is 3.37. The molecule has 1 aromatic carbocycles. The van der Waals surface area contributed by atoms with Crippen molar-refractivity contribution in [2.24, 2.45) is 0 Å². The Morgan fingerprint density at radius 2 is 1.17 bits per heavy atom. The molecule has 3 heteroatoms. The third-order valence-electron chi connectivity index (χ3n) is 5.23. The van der Waals surface area contributed by atoms with Gasteiger partial charge in [-0.2, -0.15) is 0 Å². The molecule has 3 nitrogen and oxygen atoms in total. The second kappa shape index (κ2) is 18.1. The number of benzene rings is 1. The summed E-state index contributed by atoms with van der Waals surface area (Å²) in [6.45, 7) is 2.76. The standard InChI is InChI=1S/C26H40O3/c1-2-3-4-5-6-7-8-9-10-11-12-13-14-15-22-29-26(28)21-20-24-16-18-25(23-27)19-17-24/h16-21,23H,2-15,22H2,1H3. The molecule has 0 unspecified atom stereocenters. The Morgan fingerprint density at radius 1 is 0.724 bits per heavy atom. The first kappa shape index (κ1) is 25.1. The van der Waals surface area contributed by atoms with E-state index in [-0.39, 0.29) is 5.97 Å². The van der Waals surface area contributed by atoms with E-state index in [1.54, 1.807) is 30.3 Å². The Labute approximate surface area is 177 Å². The SMILES string of the molecule is CCCCCCCCCCCCCCCCOC(=O)C=Cc1ccc(C=O)cc1. The number of esters is 1. The van der Waals surface area contributed by atoms with Crippen LogP contribution in [0.25, 0.3) is 6.08 Å². The molecule has 0 aliphatic heterocycles. The predicted molar refractivity (Wildman–Crippen MR) is 122 cm³/mol. The molecule has 1 rings (SSSR count). The smallest absolute Gasteiger partial charge is 0.330 e. The lowest BCUT2D eigenvalue weighted by atomic mass is 10.0. The Balaban J connectivity index is 1.88. The van der Waals surface area contributed by atoms with E-state index in [1.165, 1.54) is 83.1 Å². The molecule has 0 fully saturated rings. The number of rotatable bonds is 18. The number of carbonyl (C=O) groups excluding carboxylic acids is 2. The lowest BCUT2D eigenvalue weighted by Crippen LogP contribution is -2.02. The summed E-state index contributed by atoms with van der Waals surface area (Å²) in [7, 11) is 0. The molecule has 0 atom stereocenters. The molecule has 0 aliphatic rings. The fourth-order valence-corrected chi connectivity index (χ4v) is 3.37. The van der Waals surface area contributed by atoms with Crippen molar-refractivity contribution in [2.45, 2.75) is 96.8 Å². The van der Waals surface area contributed by atoms with Crippen LogP contribution >= 0.6 is 0 Å². The second-order valence-corrected chi connectivity index (χ2v) is 7.88. The average Bonchev–Trinajstić information content (AvgIpc) is 2.75. The lowest BCUT2D eigenvalue weighted by Gasteiger charge is -2.04. The molecule has 162 valence electrons. The van der Waals surface area contributed by atoms with Crippen LogP contribution in [-0.2, 0) is 9.53 Å². The van der Waals surface area contributed by atoms with Gasteiger partial charge in [-0.1, -0.05) is 115 Å². The minimum Gasteiger partial charge on any atom is -0.463 e. The molecule has 0 spiro atoms. The molecular formula is C26H40O3.